The molecule has 1 rings (SSSR count). The molecule has 0 aromatic heterocycles. The summed E-state index contributed by atoms with van der Waals surface area (Å²) < 4.78 is 27.3. The molecule has 1 aromatic rings. The minimum Gasteiger partial charge on any atom is -0.310 e. The first-order valence-corrected chi connectivity index (χ1v) is 6.52. The molecule has 0 radical (unpaired) electrons. The van der Waals surface area contributed by atoms with Gasteiger partial charge in [0.2, 0.25) is 0 Å². The van der Waals surface area contributed by atoms with Gasteiger partial charge in [-0.1, -0.05) is 27.7 Å². The molecule has 0 bridgehead atoms. The van der Waals surface area contributed by atoms with Crippen LogP contribution in [0.25, 0.3) is 0 Å². The number of nitrogens with one attached hydrogen (secondary N) is 1. The molecule has 0 amide bonds. The zero-order chi connectivity index (χ0) is 13.9. The topological polar surface area (TPSA) is 12.0 Å². The van der Waals surface area contributed by atoms with E-state index < -0.39 is 11.6 Å². The molecule has 0 spiro atoms. The van der Waals surface area contributed by atoms with Gasteiger partial charge in [0.1, 0.15) is 11.6 Å². The van der Waals surface area contributed by atoms with Gasteiger partial charge in [-0.2, -0.15) is 0 Å². The molecule has 0 aliphatic heterocycles. The van der Waals surface area contributed by atoms with E-state index in [1.54, 1.807) is 13.0 Å². The first-order valence-electron chi connectivity index (χ1n) is 6.52. The molecule has 0 aliphatic carbocycles. The normalized spacial score (nSPS) is 13.7. The fraction of sp³-hybridized carbons (Fsp3) is 0.600. The Kier molecular flexibility index (Phi) is 4.85. The monoisotopic (exact) mass is 255 g/mol. The molecular formula is C15H23F2N. The molecule has 0 saturated heterocycles. The van der Waals surface area contributed by atoms with Crippen LogP contribution in [0, 0.1) is 24.0 Å². The van der Waals surface area contributed by atoms with Gasteiger partial charge in [0, 0.05) is 17.7 Å². The lowest BCUT2D eigenvalue weighted by Gasteiger charge is -2.35. The van der Waals surface area contributed by atoms with E-state index in [1.165, 1.54) is 0 Å². The van der Waals surface area contributed by atoms with Gasteiger partial charge in [-0.05, 0) is 36.9 Å². The second-order valence-electron chi connectivity index (χ2n) is 5.46. The van der Waals surface area contributed by atoms with Gasteiger partial charge < -0.3 is 5.32 Å². The lowest BCUT2D eigenvalue weighted by atomic mass is 9.78. The number of hydrogen-bond acceptors (Lipinski definition) is 1. The first kappa shape index (κ1) is 15.1. The van der Waals surface area contributed by atoms with Crippen molar-refractivity contribution in [3.63, 3.8) is 0 Å². The van der Waals surface area contributed by atoms with E-state index in [2.05, 4.69) is 26.1 Å². The van der Waals surface area contributed by atoms with Gasteiger partial charge in [-0.15, -0.1) is 0 Å². The van der Waals surface area contributed by atoms with Crippen LogP contribution in [0.2, 0.25) is 0 Å². The van der Waals surface area contributed by atoms with Crippen LogP contribution in [0.1, 0.15) is 51.3 Å². The SMILES string of the molecule is CCNC(c1cc(C)c(F)cc1F)C(C)(C)CC. The molecule has 18 heavy (non-hydrogen) atoms. The van der Waals surface area contributed by atoms with E-state index in [1.807, 2.05) is 6.92 Å². The van der Waals surface area contributed by atoms with E-state index in [9.17, 15) is 8.78 Å². The van der Waals surface area contributed by atoms with Crippen molar-refractivity contribution in [1.82, 2.24) is 5.32 Å². The van der Waals surface area contributed by atoms with Crippen LogP contribution in [0.15, 0.2) is 12.1 Å². The first-order chi connectivity index (χ1) is 8.33. The van der Waals surface area contributed by atoms with Crippen molar-refractivity contribution in [2.45, 2.75) is 47.1 Å². The van der Waals surface area contributed by atoms with Gasteiger partial charge in [0.15, 0.2) is 0 Å². The van der Waals surface area contributed by atoms with Crippen molar-refractivity contribution >= 4 is 0 Å². The van der Waals surface area contributed by atoms with Crippen LogP contribution in [0.4, 0.5) is 8.78 Å². The van der Waals surface area contributed by atoms with Crippen LogP contribution >= 0.6 is 0 Å². The van der Waals surface area contributed by atoms with Gasteiger partial charge in [-0.3, -0.25) is 0 Å². The molecule has 0 fully saturated rings. The maximum Gasteiger partial charge on any atom is 0.130 e. The summed E-state index contributed by atoms with van der Waals surface area (Å²) in [5, 5.41) is 3.32. The van der Waals surface area contributed by atoms with Crippen molar-refractivity contribution in [2.24, 2.45) is 5.41 Å². The molecular weight excluding hydrogens is 232 g/mol. The summed E-state index contributed by atoms with van der Waals surface area (Å²) in [5.41, 5.74) is 0.963. The Bertz CT molecular complexity index is 413. The Morgan fingerprint density at radius 2 is 1.78 bits per heavy atom. The smallest absolute Gasteiger partial charge is 0.130 e. The summed E-state index contributed by atoms with van der Waals surface area (Å²) in [7, 11) is 0. The van der Waals surface area contributed by atoms with Crippen LogP contribution in [0.5, 0.6) is 0 Å². The van der Waals surface area contributed by atoms with Crippen LogP contribution in [-0.2, 0) is 0 Å². The molecule has 0 aliphatic rings. The summed E-state index contributed by atoms with van der Waals surface area (Å²) in [5.74, 6) is -0.952. The van der Waals surface area contributed by atoms with E-state index in [0.29, 0.717) is 11.1 Å². The fourth-order valence-electron chi connectivity index (χ4n) is 2.12. The predicted octanol–water partition coefficient (Wildman–Crippen LogP) is 4.36. The quantitative estimate of drug-likeness (QED) is 0.824. The number of benzene rings is 1. The van der Waals surface area contributed by atoms with Crippen molar-refractivity contribution in [3.05, 3.63) is 34.9 Å². The Labute approximate surface area is 109 Å². The van der Waals surface area contributed by atoms with E-state index in [0.717, 1.165) is 19.0 Å². The molecule has 0 saturated carbocycles. The number of hydrogen-bond donors (Lipinski definition) is 1. The summed E-state index contributed by atoms with van der Waals surface area (Å²) >= 11 is 0. The molecule has 1 unspecified atom stereocenters. The molecule has 1 nitrogen and oxygen atoms in total. The Balaban J connectivity index is 3.26. The molecule has 1 aromatic carbocycles. The largest absolute Gasteiger partial charge is 0.310 e. The minimum absolute atomic E-state index is 0.0822. The zero-order valence-electron chi connectivity index (χ0n) is 11.9. The summed E-state index contributed by atoms with van der Waals surface area (Å²) in [4.78, 5) is 0. The van der Waals surface area contributed by atoms with E-state index in [-0.39, 0.29) is 11.5 Å². The van der Waals surface area contributed by atoms with Gasteiger partial charge in [0.05, 0.1) is 0 Å². The molecule has 3 heteroatoms. The van der Waals surface area contributed by atoms with Crippen LogP contribution in [-0.4, -0.2) is 6.54 Å². The Morgan fingerprint density at radius 1 is 1.17 bits per heavy atom. The van der Waals surface area contributed by atoms with Crippen molar-refractivity contribution in [2.75, 3.05) is 6.54 Å². The van der Waals surface area contributed by atoms with Gasteiger partial charge in [0.25, 0.3) is 0 Å². The highest BCUT2D eigenvalue weighted by molar-refractivity contribution is 5.29. The highest BCUT2D eigenvalue weighted by Gasteiger charge is 2.30. The van der Waals surface area contributed by atoms with E-state index >= 15 is 0 Å². The highest BCUT2D eigenvalue weighted by Crippen LogP contribution is 2.37. The number of aryl methyl sites for hydroxylation is 1. The maximum absolute atomic E-state index is 14.0. The average Bonchev–Trinajstić information content (AvgIpc) is 2.31. The molecule has 102 valence electrons. The summed E-state index contributed by atoms with van der Waals surface area (Å²) in [6.45, 7) is 10.7. The average molecular weight is 255 g/mol. The highest BCUT2D eigenvalue weighted by atomic mass is 19.1. The maximum atomic E-state index is 14.0. The van der Waals surface area contributed by atoms with Crippen molar-refractivity contribution in [1.29, 1.82) is 0 Å². The van der Waals surface area contributed by atoms with E-state index in [4.69, 9.17) is 0 Å². The van der Waals surface area contributed by atoms with Crippen molar-refractivity contribution < 1.29 is 8.78 Å². The van der Waals surface area contributed by atoms with Gasteiger partial charge in [-0.25, -0.2) is 8.78 Å². The van der Waals surface area contributed by atoms with Crippen molar-refractivity contribution in [3.8, 4) is 0 Å². The third-order valence-electron chi connectivity index (χ3n) is 3.69. The predicted molar refractivity (Wildman–Crippen MR) is 71.6 cm³/mol. The fourth-order valence-corrected chi connectivity index (χ4v) is 2.12. The standard InChI is InChI=1S/C15H23F2N/c1-6-15(4,5)14(18-7-2)11-8-10(3)12(16)9-13(11)17/h8-9,14,18H,6-7H2,1-5H3. The Hall–Kier alpha value is -0.960. The molecule has 0 heterocycles. The zero-order valence-corrected chi connectivity index (χ0v) is 11.9. The number of halogens is 2. The van der Waals surface area contributed by atoms with Gasteiger partial charge >= 0.3 is 0 Å². The molecule has 1 N–H and O–H groups in total. The third kappa shape index (κ3) is 3.08. The lowest BCUT2D eigenvalue weighted by molar-refractivity contribution is 0.232. The number of rotatable bonds is 5. The second kappa shape index (κ2) is 5.79. The lowest BCUT2D eigenvalue weighted by Crippen LogP contribution is -2.34. The third-order valence-corrected chi connectivity index (χ3v) is 3.69. The minimum atomic E-state index is -0.485. The molecule has 1 atom stereocenters. The Morgan fingerprint density at radius 3 is 2.28 bits per heavy atom. The second-order valence-corrected chi connectivity index (χ2v) is 5.46. The van der Waals surface area contributed by atoms with Crippen LogP contribution in [0.3, 0.4) is 0 Å². The summed E-state index contributed by atoms with van der Waals surface area (Å²) in [6, 6.07) is 2.50. The van der Waals surface area contributed by atoms with Crippen LogP contribution < -0.4 is 5.32 Å². The summed E-state index contributed by atoms with van der Waals surface area (Å²) in [6.07, 6.45) is 0.917.